The molecule has 0 saturated carbocycles. The molecular formula is C17H18N2O. The number of rotatable bonds is 4. The van der Waals surface area contributed by atoms with Gasteiger partial charge >= 0.3 is 0 Å². The van der Waals surface area contributed by atoms with Crippen molar-refractivity contribution in [1.29, 1.82) is 5.26 Å². The number of para-hydroxylation sites is 1. The lowest BCUT2D eigenvalue weighted by Gasteiger charge is -2.22. The molecule has 0 spiro atoms. The summed E-state index contributed by atoms with van der Waals surface area (Å²) >= 11 is 0. The highest BCUT2D eigenvalue weighted by Crippen LogP contribution is 2.25. The van der Waals surface area contributed by atoms with Crippen molar-refractivity contribution in [2.45, 2.75) is 13.5 Å². The Hall–Kier alpha value is -2.47. The fraction of sp³-hybridized carbons (Fsp3) is 0.235. The van der Waals surface area contributed by atoms with Gasteiger partial charge in [0.15, 0.2) is 0 Å². The molecule has 0 radical (unpaired) electrons. The summed E-state index contributed by atoms with van der Waals surface area (Å²) < 4.78 is 5.38. The SMILES string of the molecule is COc1ccc(C#N)cc1CN(C)c1ccccc1C. The summed E-state index contributed by atoms with van der Waals surface area (Å²) in [5, 5.41) is 9.02. The molecule has 0 aliphatic carbocycles. The first-order chi connectivity index (χ1) is 9.65. The second-order valence-corrected chi connectivity index (χ2v) is 4.78. The van der Waals surface area contributed by atoms with Crippen LogP contribution in [0.4, 0.5) is 5.69 Å². The number of ether oxygens (including phenoxy) is 1. The quantitative estimate of drug-likeness (QED) is 0.849. The van der Waals surface area contributed by atoms with Crippen LogP contribution in [0.15, 0.2) is 42.5 Å². The normalized spacial score (nSPS) is 9.90. The maximum Gasteiger partial charge on any atom is 0.123 e. The largest absolute Gasteiger partial charge is 0.496 e. The second kappa shape index (κ2) is 6.12. The third-order valence-corrected chi connectivity index (χ3v) is 3.34. The van der Waals surface area contributed by atoms with Gasteiger partial charge in [0.05, 0.1) is 18.7 Å². The van der Waals surface area contributed by atoms with Crippen LogP contribution in [-0.2, 0) is 6.54 Å². The van der Waals surface area contributed by atoms with Crippen molar-refractivity contribution < 1.29 is 4.74 Å². The average molecular weight is 266 g/mol. The molecule has 0 unspecified atom stereocenters. The molecule has 0 N–H and O–H groups in total. The molecular weight excluding hydrogens is 248 g/mol. The number of hydrogen-bond donors (Lipinski definition) is 0. The fourth-order valence-electron chi connectivity index (χ4n) is 2.30. The number of nitrogens with zero attached hydrogens (tertiary/aromatic N) is 2. The number of hydrogen-bond acceptors (Lipinski definition) is 3. The van der Waals surface area contributed by atoms with E-state index in [0.717, 1.165) is 11.3 Å². The summed E-state index contributed by atoms with van der Waals surface area (Å²) in [6.07, 6.45) is 0. The average Bonchev–Trinajstić information content (AvgIpc) is 2.47. The molecule has 0 bridgehead atoms. The molecule has 0 fully saturated rings. The van der Waals surface area contributed by atoms with Crippen molar-refractivity contribution in [3.63, 3.8) is 0 Å². The van der Waals surface area contributed by atoms with Crippen molar-refractivity contribution >= 4 is 5.69 Å². The van der Waals surface area contributed by atoms with Crippen molar-refractivity contribution in [2.24, 2.45) is 0 Å². The molecule has 0 heterocycles. The zero-order valence-electron chi connectivity index (χ0n) is 12.1. The number of aryl methyl sites for hydroxylation is 1. The smallest absolute Gasteiger partial charge is 0.123 e. The van der Waals surface area contributed by atoms with Gasteiger partial charge in [0.25, 0.3) is 0 Å². The number of anilines is 1. The summed E-state index contributed by atoms with van der Waals surface area (Å²) in [5.41, 5.74) is 4.07. The maximum atomic E-state index is 9.02. The molecule has 20 heavy (non-hydrogen) atoms. The van der Waals surface area contributed by atoms with Crippen molar-refractivity contribution in [3.05, 3.63) is 59.2 Å². The van der Waals surface area contributed by atoms with Crippen LogP contribution in [-0.4, -0.2) is 14.2 Å². The van der Waals surface area contributed by atoms with Gasteiger partial charge in [-0.3, -0.25) is 0 Å². The molecule has 3 heteroatoms. The first-order valence-electron chi connectivity index (χ1n) is 6.49. The molecule has 102 valence electrons. The van der Waals surface area contributed by atoms with E-state index in [9.17, 15) is 0 Å². The Labute approximate surface area is 120 Å². The zero-order valence-corrected chi connectivity index (χ0v) is 12.1. The Morgan fingerprint density at radius 2 is 1.95 bits per heavy atom. The van der Waals surface area contributed by atoms with Crippen molar-refractivity contribution in [2.75, 3.05) is 19.1 Å². The van der Waals surface area contributed by atoms with Crippen LogP contribution in [0.25, 0.3) is 0 Å². The van der Waals surface area contributed by atoms with E-state index in [1.807, 2.05) is 31.3 Å². The Morgan fingerprint density at radius 3 is 2.60 bits per heavy atom. The van der Waals surface area contributed by atoms with Gasteiger partial charge in [0.2, 0.25) is 0 Å². The molecule has 0 aromatic heterocycles. The third-order valence-electron chi connectivity index (χ3n) is 3.34. The monoisotopic (exact) mass is 266 g/mol. The van der Waals surface area contributed by atoms with Crippen LogP contribution in [0.2, 0.25) is 0 Å². The van der Waals surface area contributed by atoms with Gasteiger partial charge in [-0.2, -0.15) is 5.26 Å². The Kier molecular flexibility index (Phi) is 4.27. The molecule has 0 amide bonds. The Morgan fingerprint density at radius 1 is 1.20 bits per heavy atom. The van der Waals surface area contributed by atoms with Gasteiger partial charge in [-0.05, 0) is 36.8 Å². The van der Waals surface area contributed by atoms with Gasteiger partial charge < -0.3 is 9.64 Å². The van der Waals surface area contributed by atoms with Crippen LogP contribution in [0.3, 0.4) is 0 Å². The molecule has 0 atom stereocenters. The van der Waals surface area contributed by atoms with Crippen molar-refractivity contribution in [1.82, 2.24) is 0 Å². The molecule has 3 nitrogen and oxygen atoms in total. The van der Waals surface area contributed by atoms with Crippen LogP contribution in [0, 0.1) is 18.3 Å². The highest BCUT2D eigenvalue weighted by Gasteiger charge is 2.09. The lowest BCUT2D eigenvalue weighted by atomic mass is 10.1. The molecule has 2 aromatic carbocycles. The minimum Gasteiger partial charge on any atom is -0.496 e. The minimum atomic E-state index is 0.652. The highest BCUT2D eigenvalue weighted by molar-refractivity contribution is 5.54. The fourth-order valence-corrected chi connectivity index (χ4v) is 2.30. The lowest BCUT2D eigenvalue weighted by Crippen LogP contribution is -2.18. The highest BCUT2D eigenvalue weighted by atomic mass is 16.5. The van der Waals surface area contributed by atoms with E-state index >= 15 is 0 Å². The minimum absolute atomic E-state index is 0.652. The molecule has 2 rings (SSSR count). The summed E-state index contributed by atoms with van der Waals surface area (Å²) in [7, 11) is 3.69. The van der Waals surface area contributed by atoms with Gasteiger partial charge in [0, 0.05) is 24.8 Å². The van der Waals surface area contributed by atoms with E-state index in [2.05, 4.69) is 30.0 Å². The van der Waals surface area contributed by atoms with E-state index in [0.29, 0.717) is 12.1 Å². The number of benzene rings is 2. The predicted octanol–water partition coefficient (Wildman–Crippen LogP) is 3.51. The van der Waals surface area contributed by atoms with Crippen LogP contribution in [0.1, 0.15) is 16.7 Å². The standard InChI is InChI=1S/C17H18N2O/c1-13-6-4-5-7-16(13)19(2)12-15-10-14(11-18)8-9-17(15)20-3/h4-10H,12H2,1-3H3. The summed E-state index contributed by atoms with van der Waals surface area (Å²) in [4.78, 5) is 2.16. The first kappa shape index (κ1) is 14.0. The van der Waals surface area contributed by atoms with Crippen LogP contribution >= 0.6 is 0 Å². The molecule has 2 aromatic rings. The Balaban J connectivity index is 2.30. The van der Waals surface area contributed by atoms with Crippen LogP contribution < -0.4 is 9.64 Å². The van der Waals surface area contributed by atoms with E-state index in [4.69, 9.17) is 10.00 Å². The van der Waals surface area contributed by atoms with E-state index in [-0.39, 0.29) is 0 Å². The maximum absolute atomic E-state index is 9.02. The first-order valence-corrected chi connectivity index (χ1v) is 6.49. The third kappa shape index (κ3) is 2.92. The van der Waals surface area contributed by atoms with E-state index in [1.165, 1.54) is 11.3 Å². The van der Waals surface area contributed by atoms with E-state index in [1.54, 1.807) is 13.2 Å². The van der Waals surface area contributed by atoms with Crippen LogP contribution in [0.5, 0.6) is 5.75 Å². The topological polar surface area (TPSA) is 36.3 Å². The number of nitriles is 1. The summed E-state index contributed by atoms with van der Waals surface area (Å²) in [6, 6.07) is 15.9. The Bertz CT molecular complexity index is 644. The predicted molar refractivity (Wildman–Crippen MR) is 81.0 cm³/mol. The summed E-state index contributed by atoms with van der Waals surface area (Å²) in [5.74, 6) is 0.810. The van der Waals surface area contributed by atoms with Gasteiger partial charge in [0.1, 0.15) is 5.75 Å². The molecule has 0 aliphatic heterocycles. The number of methoxy groups -OCH3 is 1. The van der Waals surface area contributed by atoms with Crippen molar-refractivity contribution in [3.8, 4) is 11.8 Å². The van der Waals surface area contributed by atoms with Gasteiger partial charge in [-0.15, -0.1) is 0 Å². The van der Waals surface area contributed by atoms with E-state index < -0.39 is 0 Å². The second-order valence-electron chi connectivity index (χ2n) is 4.78. The molecule has 0 aliphatic rings. The zero-order chi connectivity index (χ0) is 14.5. The van der Waals surface area contributed by atoms with Gasteiger partial charge in [-0.1, -0.05) is 18.2 Å². The lowest BCUT2D eigenvalue weighted by molar-refractivity contribution is 0.409. The van der Waals surface area contributed by atoms with Gasteiger partial charge in [-0.25, -0.2) is 0 Å². The molecule has 0 saturated heterocycles. The summed E-state index contributed by atoms with van der Waals surface area (Å²) in [6.45, 7) is 2.79.